The third-order valence-corrected chi connectivity index (χ3v) is 4.58. The summed E-state index contributed by atoms with van der Waals surface area (Å²) in [5, 5.41) is 3.47. The number of anilines is 1. The first kappa shape index (κ1) is 21.2. The lowest BCUT2D eigenvalue weighted by atomic mass is 10.1. The fourth-order valence-corrected chi connectivity index (χ4v) is 2.91. The minimum Gasteiger partial charge on any atom is -0.493 e. The molecule has 154 valence electrons. The molecule has 7 heteroatoms. The van der Waals surface area contributed by atoms with Gasteiger partial charge in [0.2, 0.25) is 5.91 Å². The molecule has 0 aliphatic rings. The van der Waals surface area contributed by atoms with Crippen LogP contribution < -0.4 is 20.5 Å². The number of halogens is 1. The first-order valence-electron chi connectivity index (χ1n) is 9.18. The van der Waals surface area contributed by atoms with Crippen molar-refractivity contribution in [2.24, 2.45) is 5.73 Å². The van der Waals surface area contributed by atoms with E-state index in [4.69, 9.17) is 26.8 Å². The number of carbonyl (C=O) groups excluding carboxylic acids is 2. The van der Waals surface area contributed by atoms with E-state index < -0.39 is 5.91 Å². The van der Waals surface area contributed by atoms with Crippen molar-refractivity contribution in [1.29, 1.82) is 0 Å². The molecule has 0 saturated carbocycles. The minimum absolute atomic E-state index is 0.156. The van der Waals surface area contributed by atoms with Crippen LogP contribution in [0.3, 0.4) is 0 Å². The van der Waals surface area contributed by atoms with E-state index in [0.29, 0.717) is 34.4 Å². The van der Waals surface area contributed by atoms with Crippen molar-refractivity contribution in [3.05, 3.63) is 88.4 Å². The Bertz CT molecular complexity index is 1030. The Kier molecular flexibility index (Phi) is 6.93. The molecule has 0 radical (unpaired) electrons. The summed E-state index contributed by atoms with van der Waals surface area (Å²) in [4.78, 5) is 23.5. The predicted octanol–water partition coefficient (Wildman–Crippen LogP) is 4.21. The summed E-state index contributed by atoms with van der Waals surface area (Å²) < 4.78 is 11.2. The Morgan fingerprint density at radius 1 is 0.933 bits per heavy atom. The van der Waals surface area contributed by atoms with Crippen molar-refractivity contribution in [3.8, 4) is 11.5 Å². The van der Waals surface area contributed by atoms with Crippen LogP contribution in [0.1, 0.15) is 21.5 Å². The molecule has 2 amide bonds. The van der Waals surface area contributed by atoms with Crippen LogP contribution in [0.2, 0.25) is 5.02 Å². The number of nitrogens with one attached hydrogen (secondary N) is 1. The molecule has 0 aliphatic carbocycles. The lowest BCUT2D eigenvalue weighted by Gasteiger charge is -2.13. The Morgan fingerprint density at radius 3 is 2.23 bits per heavy atom. The number of hydrogen-bond acceptors (Lipinski definition) is 4. The van der Waals surface area contributed by atoms with Crippen LogP contribution in [0.15, 0.2) is 66.7 Å². The highest BCUT2D eigenvalue weighted by Crippen LogP contribution is 2.29. The average molecular weight is 425 g/mol. The number of benzene rings is 3. The lowest BCUT2D eigenvalue weighted by Crippen LogP contribution is -2.14. The van der Waals surface area contributed by atoms with E-state index >= 15 is 0 Å². The summed E-state index contributed by atoms with van der Waals surface area (Å²) in [6.45, 7) is 0.344. The van der Waals surface area contributed by atoms with E-state index in [2.05, 4.69) is 5.32 Å². The largest absolute Gasteiger partial charge is 0.493 e. The number of ether oxygens (including phenoxy) is 2. The lowest BCUT2D eigenvalue weighted by molar-refractivity contribution is -0.117. The van der Waals surface area contributed by atoms with Gasteiger partial charge in [-0.1, -0.05) is 35.9 Å². The van der Waals surface area contributed by atoms with Crippen LogP contribution >= 0.6 is 11.6 Å². The standard InChI is InChI=1S/C23H21ClN2O4/c1-29-21-13-17(6-11-20(21)30-14-16-2-7-18(24)8-3-16)23(28)26-19-9-4-15(5-10-19)12-22(25)27/h2-11,13H,12,14H2,1H3,(H2,25,27)(H,26,28). The smallest absolute Gasteiger partial charge is 0.255 e. The maximum Gasteiger partial charge on any atom is 0.255 e. The van der Waals surface area contributed by atoms with Gasteiger partial charge in [0, 0.05) is 16.3 Å². The molecule has 3 rings (SSSR count). The van der Waals surface area contributed by atoms with Gasteiger partial charge in [-0.05, 0) is 53.6 Å². The molecule has 0 aromatic heterocycles. The zero-order valence-electron chi connectivity index (χ0n) is 16.4. The Hall–Kier alpha value is -3.51. The van der Waals surface area contributed by atoms with E-state index in [9.17, 15) is 9.59 Å². The van der Waals surface area contributed by atoms with E-state index in [1.165, 1.54) is 7.11 Å². The molecule has 0 fully saturated rings. The average Bonchev–Trinajstić information content (AvgIpc) is 2.74. The number of carbonyl (C=O) groups is 2. The fourth-order valence-electron chi connectivity index (χ4n) is 2.78. The molecule has 0 atom stereocenters. The van der Waals surface area contributed by atoms with Gasteiger partial charge >= 0.3 is 0 Å². The molecule has 0 unspecified atom stereocenters. The number of methoxy groups -OCH3 is 1. The molecule has 6 nitrogen and oxygen atoms in total. The second-order valence-corrected chi connectivity index (χ2v) is 7.01. The third kappa shape index (κ3) is 5.75. The maximum absolute atomic E-state index is 12.6. The molecular weight excluding hydrogens is 404 g/mol. The Labute approximate surface area is 179 Å². The number of hydrogen-bond donors (Lipinski definition) is 2. The molecule has 0 aliphatic heterocycles. The maximum atomic E-state index is 12.6. The van der Waals surface area contributed by atoms with E-state index in [1.807, 2.05) is 12.1 Å². The summed E-state index contributed by atoms with van der Waals surface area (Å²) in [5.74, 6) is 0.283. The molecule has 0 heterocycles. The Balaban J connectivity index is 1.66. The summed E-state index contributed by atoms with van der Waals surface area (Å²) in [7, 11) is 1.52. The third-order valence-electron chi connectivity index (χ3n) is 4.32. The van der Waals surface area contributed by atoms with Gasteiger partial charge in [0.25, 0.3) is 5.91 Å². The summed E-state index contributed by atoms with van der Waals surface area (Å²) in [6, 6.07) is 19.3. The first-order valence-corrected chi connectivity index (χ1v) is 9.56. The molecule has 30 heavy (non-hydrogen) atoms. The number of amides is 2. The monoisotopic (exact) mass is 424 g/mol. The summed E-state index contributed by atoms with van der Waals surface area (Å²) >= 11 is 5.89. The number of primary amides is 1. The fraction of sp³-hybridized carbons (Fsp3) is 0.130. The predicted molar refractivity (Wildman–Crippen MR) is 116 cm³/mol. The van der Waals surface area contributed by atoms with Crippen LogP contribution in [-0.4, -0.2) is 18.9 Å². The first-order chi connectivity index (χ1) is 14.4. The highest BCUT2D eigenvalue weighted by atomic mass is 35.5. The van der Waals surface area contributed by atoms with Crippen LogP contribution in [0.4, 0.5) is 5.69 Å². The molecule has 3 aromatic carbocycles. The van der Waals surface area contributed by atoms with Gasteiger partial charge in [-0.25, -0.2) is 0 Å². The highest BCUT2D eigenvalue weighted by Gasteiger charge is 2.12. The Morgan fingerprint density at radius 2 is 1.60 bits per heavy atom. The van der Waals surface area contributed by atoms with Crippen LogP contribution in [-0.2, 0) is 17.8 Å². The van der Waals surface area contributed by atoms with Crippen molar-refractivity contribution in [2.45, 2.75) is 13.0 Å². The van der Waals surface area contributed by atoms with E-state index in [0.717, 1.165) is 11.1 Å². The van der Waals surface area contributed by atoms with Crippen molar-refractivity contribution in [1.82, 2.24) is 0 Å². The SMILES string of the molecule is COc1cc(C(=O)Nc2ccc(CC(N)=O)cc2)ccc1OCc1ccc(Cl)cc1. The molecule has 0 spiro atoms. The quantitative estimate of drug-likeness (QED) is 0.566. The van der Waals surface area contributed by atoms with Gasteiger partial charge in [-0.2, -0.15) is 0 Å². The van der Waals surface area contributed by atoms with Crippen molar-refractivity contribution in [2.75, 3.05) is 12.4 Å². The summed E-state index contributed by atoms with van der Waals surface area (Å²) in [5.41, 5.74) is 7.96. The van der Waals surface area contributed by atoms with Crippen molar-refractivity contribution < 1.29 is 19.1 Å². The molecule has 3 aromatic rings. The minimum atomic E-state index is -0.405. The van der Waals surface area contributed by atoms with E-state index in [1.54, 1.807) is 54.6 Å². The zero-order chi connectivity index (χ0) is 21.5. The molecule has 0 bridgehead atoms. The van der Waals surface area contributed by atoms with Crippen molar-refractivity contribution >= 4 is 29.1 Å². The second kappa shape index (κ2) is 9.80. The van der Waals surface area contributed by atoms with Gasteiger partial charge in [0.05, 0.1) is 13.5 Å². The number of nitrogens with two attached hydrogens (primary N) is 1. The van der Waals surface area contributed by atoms with Crippen LogP contribution in [0, 0.1) is 0 Å². The van der Waals surface area contributed by atoms with Gasteiger partial charge in [-0.3, -0.25) is 9.59 Å². The molecule has 0 saturated heterocycles. The zero-order valence-corrected chi connectivity index (χ0v) is 17.1. The van der Waals surface area contributed by atoms with Crippen molar-refractivity contribution in [3.63, 3.8) is 0 Å². The van der Waals surface area contributed by atoms with Crippen LogP contribution in [0.5, 0.6) is 11.5 Å². The van der Waals surface area contributed by atoms with Gasteiger partial charge in [0.15, 0.2) is 11.5 Å². The molecular formula is C23H21ClN2O4. The number of rotatable bonds is 8. The summed E-state index contributed by atoms with van der Waals surface area (Å²) in [6.07, 6.45) is 0.156. The normalized spacial score (nSPS) is 10.3. The van der Waals surface area contributed by atoms with Gasteiger partial charge in [-0.15, -0.1) is 0 Å². The molecule has 3 N–H and O–H groups in total. The second-order valence-electron chi connectivity index (χ2n) is 6.57. The van der Waals surface area contributed by atoms with Crippen LogP contribution in [0.25, 0.3) is 0 Å². The topological polar surface area (TPSA) is 90.6 Å². The van der Waals surface area contributed by atoms with E-state index in [-0.39, 0.29) is 12.3 Å². The van der Waals surface area contributed by atoms with Gasteiger partial charge < -0.3 is 20.5 Å². The highest BCUT2D eigenvalue weighted by molar-refractivity contribution is 6.30. The van der Waals surface area contributed by atoms with Gasteiger partial charge in [0.1, 0.15) is 6.61 Å².